The molecule has 1 saturated heterocycles. The summed E-state index contributed by atoms with van der Waals surface area (Å²) in [6.45, 7) is 17.5. The average Bonchev–Trinajstić information content (AvgIpc) is 2.63. The van der Waals surface area contributed by atoms with Crippen LogP contribution in [0.15, 0.2) is 0 Å². The molecule has 3 heteroatoms. The van der Waals surface area contributed by atoms with Crippen LogP contribution in [-0.4, -0.2) is 29.1 Å². The van der Waals surface area contributed by atoms with Gasteiger partial charge in [0.15, 0.2) is 0 Å². The third-order valence-electron chi connectivity index (χ3n) is 4.69. The number of rotatable bonds is 4. The highest BCUT2D eigenvalue weighted by Gasteiger charge is 2.46. The quantitative estimate of drug-likeness (QED) is 0.849. The smallest absolute Gasteiger partial charge is 0.241 e. The molecule has 1 aliphatic heterocycles. The SMILES string of the molecule is CCC(C)C1NC(C(C)C)N(C(C)C(C)(C)C)C1=O. The van der Waals surface area contributed by atoms with Crippen LogP contribution in [0, 0.1) is 17.3 Å². The lowest BCUT2D eigenvalue weighted by Crippen LogP contribution is -2.50. The fourth-order valence-electron chi connectivity index (χ4n) is 2.64. The zero-order valence-electron chi connectivity index (χ0n) is 13.9. The predicted octanol–water partition coefficient (Wildman–Crippen LogP) is 3.25. The summed E-state index contributed by atoms with van der Waals surface area (Å²) in [7, 11) is 0. The third kappa shape index (κ3) is 3.31. The Kier molecular flexibility index (Phi) is 5.05. The van der Waals surface area contributed by atoms with Crippen LogP contribution in [0.4, 0.5) is 0 Å². The van der Waals surface area contributed by atoms with Gasteiger partial charge in [0, 0.05) is 6.04 Å². The molecule has 1 aliphatic rings. The molecule has 1 amide bonds. The molecule has 3 nitrogen and oxygen atoms in total. The summed E-state index contributed by atoms with van der Waals surface area (Å²) in [6, 6.07) is 0.233. The van der Waals surface area contributed by atoms with E-state index >= 15 is 0 Å². The molecule has 0 aromatic carbocycles. The van der Waals surface area contributed by atoms with Crippen LogP contribution in [0.25, 0.3) is 0 Å². The first kappa shape index (κ1) is 16.5. The van der Waals surface area contributed by atoms with Crippen molar-refractivity contribution >= 4 is 5.91 Å². The van der Waals surface area contributed by atoms with E-state index in [1.54, 1.807) is 0 Å². The summed E-state index contributed by atoms with van der Waals surface area (Å²) in [6.07, 6.45) is 1.20. The minimum Gasteiger partial charge on any atom is -0.322 e. The molecule has 0 aromatic rings. The van der Waals surface area contributed by atoms with Gasteiger partial charge in [-0.25, -0.2) is 0 Å². The molecule has 1 rings (SSSR count). The molecule has 0 radical (unpaired) electrons. The van der Waals surface area contributed by atoms with E-state index in [1.807, 2.05) is 0 Å². The van der Waals surface area contributed by atoms with Crippen molar-refractivity contribution in [3.63, 3.8) is 0 Å². The lowest BCUT2D eigenvalue weighted by atomic mass is 9.86. The summed E-state index contributed by atoms with van der Waals surface area (Å²) in [5.74, 6) is 1.11. The van der Waals surface area contributed by atoms with Gasteiger partial charge in [0.05, 0.1) is 12.2 Å². The molecule has 0 spiro atoms. The Labute approximate surface area is 119 Å². The van der Waals surface area contributed by atoms with Gasteiger partial charge in [-0.3, -0.25) is 10.1 Å². The van der Waals surface area contributed by atoms with Gasteiger partial charge in [0.2, 0.25) is 5.91 Å². The van der Waals surface area contributed by atoms with Gasteiger partial charge in [0.25, 0.3) is 0 Å². The van der Waals surface area contributed by atoms with Crippen LogP contribution in [-0.2, 0) is 4.79 Å². The van der Waals surface area contributed by atoms with E-state index in [0.717, 1.165) is 6.42 Å². The van der Waals surface area contributed by atoms with Crippen molar-refractivity contribution < 1.29 is 4.79 Å². The first-order valence-corrected chi connectivity index (χ1v) is 7.69. The van der Waals surface area contributed by atoms with Crippen LogP contribution in [0.5, 0.6) is 0 Å². The topological polar surface area (TPSA) is 32.3 Å². The highest BCUT2D eigenvalue weighted by Crippen LogP contribution is 2.32. The Morgan fingerprint density at radius 3 is 2.11 bits per heavy atom. The molecule has 0 saturated carbocycles. The molecule has 0 bridgehead atoms. The minimum atomic E-state index is -0.0119. The molecule has 0 aromatic heterocycles. The van der Waals surface area contributed by atoms with Crippen LogP contribution in [0.3, 0.4) is 0 Å². The van der Waals surface area contributed by atoms with Crippen molar-refractivity contribution in [2.24, 2.45) is 17.3 Å². The van der Waals surface area contributed by atoms with E-state index in [1.165, 1.54) is 0 Å². The normalized spacial score (nSPS) is 28.1. The molecular formula is C16H32N2O. The van der Waals surface area contributed by atoms with Crippen LogP contribution >= 0.6 is 0 Å². The van der Waals surface area contributed by atoms with E-state index in [0.29, 0.717) is 11.8 Å². The molecule has 1 N–H and O–H groups in total. The summed E-state index contributed by atoms with van der Waals surface area (Å²) in [5, 5.41) is 3.57. The summed E-state index contributed by atoms with van der Waals surface area (Å²) < 4.78 is 0. The molecule has 19 heavy (non-hydrogen) atoms. The van der Waals surface area contributed by atoms with E-state index in [4.69, 9.17) is 0 Å². The second-order valence-corrected chi connectivity index (χ2v) is 7.51. The maximum Gasteiger partial charge on any atom is 0.241 e. The maximum atomic E-state index is 12.8. The summed E-state index contributed by atoms with van der Waals surface area (Å²) in [4.78, 5) is 14.9. The second kappa shape index (κ2) is 5.82. The fourth-order valence-corrected chi connectivity index (χ4v) is 2.64. The largest absolute Gasteiger partial charge is 0.322 e. The number of carbonyl (C=O) groups excluding carboxylic acids is 1. The highest BCUT2D eigenvalue weighted by atomic mass is 16.2. The molecule has 1 fully saturated rings. The van der Waals surface area contributed by atoms with Crippen LogP contribution in [0.2, 0.25) is 0 Å². The second-order valence-electron chi connectivity index (χ2n) is 7.51. The Morgan fingerprint density at radius 2 is 1.74 bits per heavy atom. The third-order valence-corrected chi connectivity index (χ3v) is 4.69. The number of nitrogens with zero attached hydrogens (tertiary/aromatic N) is 1. The zero-order valence-corrected chi connectivity index (χ0v) is 13.9. The Balaban J connectivity index is 3.02. The summed E-state index contributed by atoms with van der Waals surface area (Å²) in [5.41, 5.74) is 0.106. The van der Waals surface area contributed by atoms with Crippen LogP contribution < -0.4 is 5.32 Å². The Bertz CT molecular complexity index is 319. The molecule has 0 aliphatic carbocycles. The van der Waals surface area contributed by atoms with Crippen molar-refractivity contribution in [3.8, 4) is 0 Å². The van der Waals surface area contributed by atoms with Gasteiger partial charge in [-0.15, -0.1) is 0 Å². The number of nitrogens with one attached hydrogen (secondary N) is 1. The number of carbonyl (C=O) groups is 1. The minimum absolute atomic E-state index is 0.0119. The van der Waals surface area contributed by atoms with Crippen molar-refractivity contribution in [1.82, 2.24) is 10.2 Å². The standard InChI is InChI=1S/C16H32N2O/c1-9-11(4)13-15(19)18(12(5)16(6,7)8)14(17-13)10(2)3/h10-14,17H,9H2,1-8H3. The lowest BCUT2D eigenvalue weighted by Gasteiger charge is -2.40. The first-order chi connectivity index (χ1) is 8.61. The fraction of sp³-hybridized carbons (Fsp3) is 0.938. The van der Waals surface area contributed by atoms with Crippen molar-refractivity contribution in [2.75, 3.05) is 0 Å². The van der Waals surface area contributed by atoms with E-state index in [-0.39, 0.29) is 29.6 Å². The number of hydrogen-bond acceptors (Lipinski definition) is 2. The zero-order chi connectivity index (χ0) is 15.0. The van der Waals surface area contributed by atoms with E-state index < -0.39 is 0 Å². The maximum absolute atomic E-state index is 12.8. The molecule has 112 valence electrons. The van der Waals surface area contributed by atoms with Crippen molar-refractivity contribution in [1.29, 1.82) is 0 Å². The lowest BCUT2D eigenvalue weighted by molar-refractivity contribution is -0.135. The van der Waals surface area contributed by atoms with E-state index in [2.05, 4.69) is 65.6 Å². The Hall–Kier alpha value is -0.570. The van der Waals surface area contributed by atoms with Gasteiger partial charge < -0.3 is 4.90 Å². The average molecular weight is 268 g/mol. The predicted molar refractivity (Wildman–Crippen MR) is 80.8 cm³/mol. The monoisotopic (exact) mass is 268 g/mol. The molecule has 4 unspecified atom stereocenters. The molecule has 4 atom stereocenters. The number of amides is 1. The number of hydrogen-bond donors (Lipinski definition) is 1. The van der Waals surface area contributed by atoms with E-state index in [9.17, 15) is 4.79 Å². The van der Waals surface area contributed by atoms with Crippen LogP contribution in [0.1, 0.15) is 61.8 Å². The summed E-state index contributed by atoms with van der Waals surface area (Å²) >= 11 is 0. The van der Waals surface area contributed by atoms with Gasteiger partial charge >= 0.3 is 0 Å². The first-order valence-electron chi connectivity index (χ1n) is 7.69. The van der Waals surface area contributed by atoms with Gasteiger partial charge in [-0.1, -0.05) is 54.9 Å². The van der Waals surface area contributed by atoms with Crippen molar-refractivity contribution in [3.05, 3.63) is 0 Å². The van der Waals surface area contributed by atoms with Gasteiger partial charge in [-0.2, -0.15) is 0 Å². The molecule has 1 heterocycles. The Morgan fingerprint density at radius 1 is 1.21 bits per heavy atom. The van der Waals surface area contributed by atoms with Crippen molar-refractivity contribution in [2.45, 2.75) is 80.1 Å². The molecular weight excluding hydrogens is 236 g/mol. The van der Waals surface area contributed by atoms with Gasteiger partial charge in [-0.05, 0) is 24.2 Å². The highest BCUT2D eigenvalue weighted by molar-refractivity contribution is 5.85. The van der Waals surface area contributed by atoms with Gasteiger partial charge in [0.1, 0.15) is 0 Å².